The van der Waals surface area contributed by atoms with Crippen molar-refractivity contribution in [2.24, 2.45) is 0 Å². The van der Waals surface area contributed by atoms with Crippen molar-refractivity contribution in [3.8, 4) is 6.07 Å². The van der Waals surface area contributed by atoms with Gasteiger partial charge in [-0.15, -0.1) is 0 Å². The first-order valence-corrected chi connectivity index (χ1v) is 6.62. The molecule has 0 radical (unpaired) electrons. The highest BCUT2D eigenvalue weighted by atomic mass is 32.2. The molecule has 0 amide bonds. The second-order valence-corrected chi connectivity index (χ2v) is 5.18. The Bertz CT molecular complexity index is 439. The molecule has 0 heterocycles. The molecular weight excluding hydrogens is 222 g/mol. The van der Waals surface area contributed by atoms with Gasteiger partial charge in [-0.25, -0.2) is 0 Å². The molecule has 0 saturated heterocycles. The molecule has 0 saturated carbocycles. The van der Waals surface area contributed by atoms with E-state index >= 15 is 0 Å². The van der Waals surface area contributed by atoms with Gasteiger partial charge in [0, 0.05) is 28.9 Å². The number of hydrogen-bond acceptors (Lipinski definition) is 4. The van der Waals surface area contributed by atoms with Gasteiger partial charge in [0.1, 0.15) is 0 Å². The Hall–Kier alpha value is -1.54. The van der Waals surface area contributed by atoms with E-state index in [1.807, 2.05) is 6.92 Å². The molecule has 2 atom stereocenters. The summed E-state index contributed by atoms with van der Waals surface area (Å²) in [7, 11) is -0.851. The monoisotopic (exact) mass is 237 g/mol. The van der Waals surface area contributed by atoms with Crippen LogP contribution in [0, 0.1) is 11.3 Å². The molecule has 5 heteroatoms. The van der Waals surface area contributed by atoms with Gasteiger partial charge >= 0.3 is 0 Å². The molecule has 4 nitrogen and oxygen atoms in total. The van der Waals surface area contributed by atoms with E-state index in [0.717, 1.165) is 5.69 Å². The first-order chi connectivity index (χ1) is 7.52. The van der Waals surface area contributed by atoms with Crippen LogP contribution in [0.5, 0.6) is 0 Å². The summed E-state index contributed by atoms with van der Waals surface area (Å²) in [6, 6.07) is 7.17. The van der Waals surface area contributed by atoms with Crippen molar-refractivity contribution >= 4 is 22.2 Å². The highest BCUT2D eigenvalue weighted by Crippen LogP contribution is 2.20. The molecule has 2 unspecified atom stereocenters. The van der Waals surface area contributed by atoms with Crippen molar-refractivity contribution < 1.29 is 4.21 Å². The Kier molecular flexibility index (Phi) is 4.32. The summed E-state index contributed by atoms with van der Waals surface area (Å²) in [5.74, 6) is 0.552. The highest BCUT2D eigenvalue weighted by molar-refractivity contribution is 7.84. The van der Waals surface area contributed by atoms with Crippen LogP contribution < -0.4 is 11.1 Å². The predicted octanol–water partition coefficient (Wildman–Crippen LogP) is 1.32. The van der Waals surface area contributed by atoms with Crippen LogP contribution in [0.4, 0.5) is 11.4 Å². The third-order valence-corrected chi connectivity index (χ3v) is 3.04. The molecular formula is C11H15N3OS. The fourth-order valence-electron chi connectivity index (χ4n) is 1.41. The van der Waals surface area contributed by atoms with Crippen LogP contribution in [0.3, 0.4) is 0 Å². The highest BCUT2D eigenvalue weighted by Gasteiger charge is 2.07. The topological polar surface area (TPSA) is 78.9 Å². The molecule has 1 rings (SSSR count). The Morgan fingerprint density at radius 3 is 2.88 bits per heavy atom. The van der Waals surface area contributed by atoms with Crippen molar-refractivity contribution in [2.75, 3.05) is 23.1 Å². The van der Waals surface area contributed by atoms with Gasteiger partial charge in [0.2, 0.25) is 0 Å². The van der Waals surface area contributed by atoms with Gasteiger partial charge < -0.3 is 11.1 Å². The van der Waals surface area contributed by atoms with Crippen molar-refractivity contribution in [2.45, 2.75) is 13.0 Å². The molecule has 0 spiro atoms. The van der Waals surface area contributed by atoms with Crippen LogP contribution in [0.25, 0.3) is 0 Å². The smallest absolute Gasteiger partial charge is 0.0992 e. The molecule has 3 N–H and O–H groups in total. The SMILES string of the molecule is CC(CS(C)=O)Nc1cc(C#N)ccc1N. The number of nitrogens with two attached hydrogens (primary N) is 1. The number of nitrogens with zero attached hydrogens (tertiary/aromatic N) is 1. The summed E-state index contributed by atoms with van der Waals surface area (Å²) < 4.78 is 11.0. The Labute approximate surface area is 97.9 Å². The molecule has 86 valence electrons. The van der Waals surface area contributed by atoms with E-state index in [1.165, 1.54) is 0 Å². The molecule has 16 heavy (non-hydrogen) atoms. The van der Waals surface area contributed by atoms with Crippen LogP contribution in [0.15, 0.2) is 18.2 Å². The minimum absolute atomic E-state index is 0.0575. The van der Waals surface area contributed by atoms with Gasteiger partial charge in [-0.05, 0) is 25.1 Å². The molecule has 0 aliphatic rings. The van der Waals surface area contributed by atoms with E-state index < -0.39 is 10.8 Å². The molecule has 0 aliphatic heterocycles. The average molecular weight is 237 g/mol. The van der Waals surface area contributed by atoms with E-state index in [4.69, 9.17) is 11.0 Å². The van der Waals surface area contributed by atoms with Gasteiger partial charge in [0.25, 0.3) is 0 Å². The lowest BCUT2D eigenvalue weighted by molar-refractivity contribution is 0.683. The second kappa shape index (κ2) is 5.52. The maximum Gasteiger partial charge on any atom is 0.0992 e. The summed E-state index contributed by atoms with van der Waals surface area (Å²) in [6.45, 7) is 1.93. The van der Waals surface area contributed by atoms with E-state index in [9.17, 15) is 4.21 Å². The molecule has 0 bridgehead atoms. The number of nitriles is 1. The van der Waals surface area contributed by atoms with Crippen molar-refractivity contribution in [1.82, 2.24) is 0 Å². The second-order valence-electron chi connectivity index (χ2n) is 3.70. The zero-order valence-electron chi connectivity index (χ0n) is 9.36. The number of rotatable bonds is 4. The number of nitrogen functional groups attached to an aromatic ring is 1. The van der Waals surface area contributed by atoms with Crippen LogP contribution in [-0.2, 0) is 10.8 Å². The minimum Gasteiger partial charge on any atom is -0.397 e. The molecule has 1 aromatic rings. The van der Waals surface area contributed by atoms with Gasteiger partial charge in [0.05, 0.1) is 23.0 Å². The lowest BCUT2D eigenvalue weighted by atomic mass is 10.2. The lowest BCUT2D eigenvalue weighted by Crippen LogP contribution is -2.22. The lowest BCUT2D eigenvalue weighted by Gasteiger charge is -2.15. The Balaban J connectivity index is 2.80. The van der Waals surface area contributed by atoms with Crippen LogP contribution in [0.1, 0.15) is 12.5 Å². The summed E-state index contributed by atoms with van der Waals surface area (Å²) in [6.07, 6.45) is 1.66. The number of anilines is 2. The molecule has 0 aliphatic carbocycles. The van der Waals surface area contributed by atoms with E-state index in [2.05, 4.69) is 11.4 Å². The summed E-state index contributed by atoms with van der Waals surface area (Å²) in [5.41, 5.74) is 7.64. The quantitative estimate of drug-likeness (QED) is 0.774. The third-order valence-electron chi connectivity index (χ3n) is 2.07. The van der Waals surface area contributed by atoms with Gasteiger partial charge in [-0.3, -0.25) is 4.21 Å². The fraction of sp³-hybridized carbons (Fsp3) is 0.364. The predicted molar refractivity (Wildman–Crippen MR) is 67.6 cm³/mol. The Morgan fingerprint density at radius 2 is 2.31 bits per heavy atom. The van der Waals surface area contributed by atoms with E-state index in [1.54, 1.807) is 24.5 Å². The molecule has 1 aromatic carbocycles. The van der Waals surface area contributed by atoms with E-state index in [0.29, 0.717) is 17.0 Å². The fourth-order valence-corrected chi connectivity index (χ4v) is 2.20. The number of nitrogens with one attached hydrogen (secondary N) is 1. The van der Waals surface area contributed by atoms with Crippen molar-refractivity contribution in [3.05, 3.63) is 23.8 Å². The first kappa shape index (κ1) is 12.5. The Morgan fingerprint density at radius 1 is 1.62 bits per heavy atom. The average Bonchev–Trinajstić information content (AvgIpc) is 2.20. The zero-order chi connectivity index (χ0) is 12.1. The van der Waals surface area contributed by atoms with E-state index in [-0.39, 0.29) is 6.04 Å². The third kappa shape index (κ3) is 3.55. The minimum atomic E-state index is -0.851. The van der Waals surface area contributed by atoms with Gasteiger partial charge in [-0.2, -0.15) is 5.26 Å². The van der Waals surface area contributed by atoms with Gasteiger partial charge in [0.15, 0.2) is 0 Å². The maximum absolute atomic E-state index is 11.0. The van der Waals surface area contributed by atoms with Crippen LogP contribution in [0.2, 0.25) is 0 Å². The van der Waals surface area contributed by atoms with Gasteiger partial charge in [-0.1, -0.05) is 0 Å². The summed E-state index contributed by atoms with van der Waals surface area (Å²) >= 11 is 0. The maximum atomic E-state index is 11.0. The molecule has 0 fully saturated rings. The zero-order valence-corrected chi connectivity index (χ0v) is 10.2. The van der Waals surface area contributed by atoms with Crippen LogP contribution in [-0.4, -0.2) is 22.3 Å². The number of hydrogen-bond donors (Lipinski definition) is 2. The summed E-state index contributed by atoms with van der Waals surface area (Å²) in [4.78, 5) is 0. The van der Waals surface area contributed by atoms with Crippen molar-refractivity contribution in [3.63, 3.8) is 0 Å². The summed E-state index contributed by atoms with van der Waals surface area (Å²) in [5, 5.41) is 11.9. The first-order valence-electron chi connectivity index (χ1n) is 4.89. The number of benzene rings is 1. The molecule has 0 aromatic heterocycles. The largest absolute Gasteiger partial charge is 0.397 e. The standard InChI is InChI=1S/C11H15N3OS/c1-8(7-16(2)15)14-11-5-9(6-12)3-4-10(11)13/h3-5,8,14H,7,13H2,1-2H3. The van der Waals surface area contributed by atoms with Crippen LogP contribution >= 0.6 is 0 Å². The van der Waals surface area contributed by atoms with Crippen molar-refractivity contribution in [1.29, 1.82) is 5.26 Å². The normalized spacial score (nSPS) is 13.8.